The summed E-state index contributed by atoms with van der Waals surface area (Å²) in [5.41, 5.74) is 1.66. The number of esters is 3. The van der Waals surface area contributed by atoms with E-state index >= 15 is 0 Å². The van der Waals surface area contributed by atoms with E-state index in [4.69, 9.17) is 14.2 Å². The quantitative estimate of drug-likeness (QED) is 0.166. The Labute approximate surface area is 231 Å². The highest BCUT2D eigenvalue weighted by Crippen LogP contribution is 2.42. The molecule has 9 nitrogen and oxygen atoms in total. The molecule has 39 heavy (non-hydrogen) atoms. The number of hydrogen-bond donors (Lipinski definition) is 2. The van der Waals surface area contributed by atoms with Crippen LogP contribution in [0.25, 0.3) is 0 Å². The molecule has 0 saturated heterocycles. The van der Waals surface area contributed by atoms with Crippen molar-refractivity contribution in [1.82, 2.24) is 10.2 Å². The minimum Gasteiger partial charge on any atom is -0.469 e. The van der Waals surface area contributed by atoms with E-state index < -0.39 is 43.4 Å². The van der Waals surface area contributed by atoms with Crippen LogP contribution in [0.2, 0.25) is 0 Å². The normalized spacial score (nSPS) is 13.6. The van der Waals surface area contributed by atoms with E-state index in [1.54, 1.807) is 13.8 Å². The van der Waals surface area contributed by atoms with Crippen LogP contribution in [-0.2, 0) is 46.0 Å². The van der Waals surface area contributed by atoms with Crippen molar-refractivity contribution < 1.29 is 33.2 Å². The third kappa shape index (κ3) is 10.9. The molecular formula is C29H41N2O7P. The van der Waals surface area contributed by atoms with E-state index in [0.29, 0.717) is 12.8 Å². The average Bonchev–Trinajstić information content (AvgIpc) is 2.93. The highest BCUT2D eigenvalue weighted by atomic mass is 31.2. The van der Waals surface area contributed by atoms with Crippen molar-refractivity contribution in [1.29, 1.82) is 0 Å². The van der Waals surface area contributed by atoms with Gasteiger partial charge in [-0.05, 0) is 44.2 Å². The second-order valence-electron chi connectivity index (χ2n) is 9.18. The number of rotatable bonds is 17. The van der Waals surface area contributed by atoms with Crippen LogP contribution in [0.4, 0.5) is 0 Å². The number of methoxy groups -OCH3 is 1. The SMILES string of the molecule is CCCC(CP(=O)(N[C@@H](Cc1ccccc1)C(=O)OCC)N[C@@H](Cc1ccccc1)C(=O)OCC)C(=O)OC. The molecule has 1 unspecified atom stereocenters. The molecule has 2 aromatic rings. The standard InChI is InChI=1S/C29H41N2O7P/c1-5-14-24(27(32)36-4)21-39(35,30-25(28(33)37-6-2)19-22-15-10-8-11-16-22)31-26(29(34)38-7-3)20-23-17-12-9-13-18-23/h8-13,15-18,24-26H,5-7,14,19-21H2,1-4H3,(H2,30,31,35)/t24?,25-,26-/m0/s1. The highest BCUT2D eigenvalue weighted by Gasteiger charge is 2.38. The Balaban J connectivity index is 2.49. The number of carbonyl (C=O) groups is 3. The van der Waals surface area contributed by atoms with Gasteiger partial charge in [-0.3, -0.25) is 18.9 Å². The summed E-state index contributed by atoms with van der Waals surface area (Å²) >= 11 is 0. The predicted octanol–water partition coefficient (Wildman–Crippen LogP) is 4.30. The van der Waals surface area contributed by atoms with Crippen molar-refractivity contribution in [3.8, 4) is 0 Å². The molecule has 2 rings (SSSR count). The third-order valence-electron chi connectivity index (χ3n) is 6.09. The van der Waals surface area contributed by atoms with Crippen molar-refractivity contribution in [2.45, 2.75) is 58.5 Å². The van der Waals surface area contributed by atoms with E-state index in [1.165, 1.54) is 7.11 Å². The molecule has 0 amide bonds. The number of hydrogen-bond acceptors (Lipinski definition) is 7. The summed E-state index contributed by atoms with van der Waals surface area (Å²) in [5, 5.41) is 6.00. The molecule has 0 spiro atoms. The van der Waals surface area contributed by atoms with Gasteiger partial charge in [0.2, 0.25) is 7.44 Å². The van der Waals surface area contributed by atoms with Crippen LogP contribution in [-0.4, -0.2) is 56.5 Å². The first-order valence-corrected chi connectivity index (χ1v) is 15.3. The van der Waals surface area contributed by atoms with Crippen molar-refractivity contribution in [3.05, 3.63) is 71.8 Å². The maximum atomic E-state index is 14.7. The summed E-state index contributed by atoms with van der Waals surface area (Å²) in [6.45, 7) is 5.59. The van der Waals surface area contributed by atoms with E-state index in [0.717, 1.165) is 11.1 Å². The second kappa shape index (κ2) is 16.9. The van der Waals surface area contributed by atoms with Gasteiger partial charge in [-0.2, -0.15) is 0 Å². The van der Waals surface area contributed by atoms with Crippen molar-refractivity contribution in [2.24, 2.45) is 5.92 Å². The Morgan fingerprint density at radius 2 is 1.18 bits per heavy atom. The third-order valence-corrected chi connectivity index (χ3v) is 8.50. The summed E-state index contributed by atoms with van der Waals surface area (Å²) in [7, 11) is -2.53. The van der Waals surface area contributed by atoms with Gasteiger partial charge in [0.15, 0.2) is 0 Å². The molecule has 0 radical (unpaired) electrons. The van der Waals surface area contributed by atoms with Crippen LogP contribution < -0.4 is 10.2 Å². The van der Waals surface area contributed by atoms with E-state index in [1.807, 2.05) is 67.6 Å². The Kier molecular flexibility index (Phi) is 13.9. The maximum absolute atomic E-state index is 14.7. The first-order valence-electron chi connectivity index (χ1n) is 13.4. The molecule has 3 atom stereocenters. The summed E-state index contributed by atoms with van der Waals surface area (Å²) in [4.78, 5) is 38.7. The Morgan fingerprint density at radius 3 is 1.54 bits per heavy atom. The molecular weight excluding hydrogens is 519 g/mol. The lowest BCUT2D eigenvalue weighted by Crippen LogP contribution is -2.47. The molecule has 214 valence electrons. The first kappa shape index (κ1) is 32.2. The molecule has 0 aliphatic rings. The topological polar surface area (TPSA) is 120 Å². The molecule has 0 fully saturated rings. The zero-order valence-electron chi connectivity index (χ0n) is 23.3. The van der Waals surface area contributed by atoms with Gasteiger partial charge < -0.3 is 14.2 Å². The van der Waals surface area contributed by atoms with Crippen molar-refractivity contribution in [3.63, 3.8) is 0 Å². The minimum absolute atomic E-state index is 0.142. The largest absolute Gasteiger partial charge is 0.469 e. The number of ether oxygens (including phenoxy) is 3. The highest BCUT2D eigenvalue weighted by molar-refractivity contribution is 7.60. The molecule has 10 heteroatoms. The van der Waals surface area contributed by atoms with Crippen LogP contribution in [0, 0.1) is 5.92 Å². The van der Waals surface area contributed by atoms with Gasteiger partial charge in [-0.15, -0.1) is 0 Å². The lowest BCUT2D eigenvalue weighted by Gasteiger charge is -2.31. The monoisotopic (exact) mass is 560 g/mol. The van der Waals surface area contributed by atoms with Crippen LogP contribution in [0.1, 0.15) is 44.7 Å². The fourth-order valence-corrected chi connectivity index (χ4v) is 6.94. The molecule has 0 aliphatic heterocycles. The van der Waals surface area contributed by atoms with Crippen LogP contribution in [0.3, 0.4) is 0 Å². The predicted molar refractivity (Wildman–Crippen MR) is 150 cm³/mol. The van der Waals surface area contributed by atoms with Crippen molar-refractivity contribution in [2.75, 3.05) is 26.5 Å². The van der Waals surface area contributed by atoms with Gasteiger partial charge in [0.25, 0.3) is 0 Å². The van der Waals surface area contributed by atoms with Gasteiger partial charge in [0.1, 0.15) is 12.1 Å². The number of nitrogens with one attached hydrogen (secondary N) is 2. The Bertz CT molecular complexity index is 1010. The zero-order valence-corrected chi connectivity index (χ0v) is 24.2. The number of benzene rings is 2. The van der Waals surface area contributed by atoms with E-state index in [-0.39, 0.29) is 32.2 Å². The van der Waals surface area contributed by atoms with E-state index in [2.05, 4.69) is 10.2 Å². The van der Waals surface area contributed by atoms with Gasteiger partial charge in [-0.1, -0.05) is 74.0 Å². The number of carbonyl (C=O) groups excluding carboxylic acids is 3. The van der Waals surface area contributed by atoms with Crippen LogP contribution >= 0.6 is 7.44 Å². The van der Waals surface area contributed by atoms with Gasteiger partial charge >= 0.3 is 17.9 Å². The molecule has 0 aliphatic carbocycles. The summed E-state index contributed by atoms with van der Waals surface area (Å²) < 4.78 is 30.3. The van der Waals surface area contributed by atoms with Gasteiger partial charge in [-0.25, -0.2) is 10.2 Å². The first-order chi connectivity index (χ1) is 18.7. The fraction of sp³-hybridized carbons (Fsp3) is 0.483. The minimum atomic E-state index is -3.82. The van der Waals surface area contributed by atoms with Crippen LogP contribution in [0.5, 0.6) is 0 Å². The second-order valence-corrected chi connectivity index (χ2v) is 11.5. The average molecular weight is 561 g/mol. The molecule has 2 aromatic carbocycles. The van der Waals surface area contributed by atoms with Gasteiger partial charge in [0, 0.05) is 6.16 Å². The molecule has 0 saturated carbocycles. The van der Waals surface area contributed by atoms with E-state index in [9.17, 15) is 18.9 Å². The van der Waals surface area contributed by atoms with Crippen molar-refractivity contribution >= 4 is 25.4 Å². The molecule has 0 bridgehead atoms. The summed E-state index contributed by atoms with van der Waals surface area (Å²) in [6, 6.07) is 16.6. The zero-order chi connectivity index (χ0) is 28.7. The lowest BCUT2D eigenvalue weighted by molar-refractivity contribution is -0.145. The Morgan fingerprint density at radius 1 is 0.744 bits per heavy atom. The lowest BCUT2D eigenvalue weighted by atomic mass is 10.1. The fourth-order valence-electron chi connectivity index (χ4n) is 4.30. The smallest absolute Gasteiger partial charge is 0.323 e. The summed E-state index contributed by atoms with van der Waals surface area (Å²) in [5.74, 6) is -2.38. The maximum Gasteiger partial charge on any atom is 0.323 e. The Hall–Kier alpha value is -3.00. The van der Waals surface area contributed by atoms with Crippen LogP contribution in [0.15, 0.2) is 60.7 Å². The van der Waals surface area contributed by atoms with Gasteiger partial charge in [0.05, 0.1) is 26.2 Å². The summed E-state index contributed by atoms with van der Waals surface area (Å²) in [6.07, 6.45) is 1.31. The molecule has 0 aromatic heterocycles. The molecule has 0 heterocycles. The molecule has 2 N–H and O–H groups in total.